The van der Waals surface area contributed by atoms with E-state index in [0.717, 1.165) is 24.3 Å². The van der Waals surface area contributed by atoms with E-state index in [0.29, 0.717) is 36.3 Å². The third-order valence-corrected chi connectivity index (χ3v) is 4.03. The highest BCUT2D eigenvalue weighted by Crippen LogP contribution is 2.36. The van der Waals surface area contributed by atoms with Crippen molar-refractivity contribution in [1.29, 1.82) is 0 Å². The average Bonchev–Trinajstić information content (AvgIpc) is 2.62. The van der Waals surface area contributed by atoms with Gasteiger partial charge < -0.3 is 19.5 Å². The lowest BCUT2D eigenvalue weighted by Gasteiger charge is -2.15. The molecule has 2 aromatic carbocycles. The topological polar surface area (TPSA) is 39.7 Å². The largest absolute Gasteiger partial charge is 0.496 e. The van der Waals surface area contributed by atoms with Crippen molar-refractivity contribution >= 4 is 11.6 Å². The van der Waals surface area contributed by atoms with Gasteiger partial charge in [-0.25, -0.2) is 0 Å². The molecule has 0 bridgehead atoms. The molecule has 0 amide bonds. The summed E-state index contributed by atoms with van der Waals surface area (Å²) in [5.41, 5.74) is 2.26. The zero-order valence-electron chi connectivity index (χ0n) is 15.1. The van der Waals surface area contributed by atoms with Crippen molar-refractivity contribution in [1.82, 2.24) is 5.32 Å². The van der Waals surface area contributed by atoms with Crippen LogP contribution in [0.2, 0.25) is 5.02 Å². The van der Waals surface area contributed by atoms with Crippen molar-refractivity contribution in [3.05, 3.63) is 52.5 Å². The lowest BCUT2D eigenvalue weighted by molar-refractivity contribution is 0.287. The third-order valence-electron chi connectivity index (χ3n) is 3.75. The first-order valence-corrected chi connectivity index (χ1v) is 8.98. The molecular weight excluding hydrogens is 338 g/mol. The van der Waals surface area contributed by atoms with Crippen LogP contribution in [-0.4, -0.2) is 26.9 Å². The quantitative estimate of drug-likeness (QED) is 0.632. The van der Waals surface area contributed by atoms with E-state index in [-0.39, 0.29) is 0 Å². The van der Waals surface area contributed by atoms with Crippen LogP contribution in [0.15, 0.2) is 36.4 Å². The van der Waals surface area contributed by atoms with E-state index in [2.05, 4.69) is 11.4 Å². The highest BCUT2D eigenvalue weighted by Gasteiger charge is 2.12. The van der Waals surface area contributed by atoms with Crippen molar-refractivity contribution in [3.63, 3.8) is 0 Å². The molecule has 136 valence electrons. The SMILES string of the molecule is CCOc1cc(CNCCc2ccccc2OC)cc(Cl)c1OCC. The van der Waals surface area contributed by atoms with Gasteiger partial charge in [0.2, 0.25) is 0 Å². The van der Waals surface area contributed by atoms with Crippen LogP contribution in [0.4, 0.5) is 0 Å². The highest BCUT2D eigenvalue weighted by molar-refractivity contribution is 6.32. The smallest absolute Gasteiger partial charge is 0.179 e. The first-order valence-electron chi connectivity index (χ1n) is 8.60. The molecule has 25 heavy (non-hydrogen) atoms. The zero-order valence-corrected chi connectivity index (χ0v) is 15.9. The number of rotatable bonds is 10. The minimum Gasteiger partial charge on any atom is -0.496 e. The monoisotopic (exact) mass is 363 g/mol. The molecule has 0 aromatic heterocycles. The van der Waals surface area contributed by atoms with Gasteiger partial charge in [0, 0.05) is 6.54 Å². The molecule has 0 spiro atoms. The lowest BCUT2D eigenvalue weighted by Crippen LogP contribution is -2.17. The molecule has 1 N–H and O–H groups in total. The number of hydrogen-bond donors (Lipinski definition) is 1. The van der Waals surface area contributed by atoms with Gasteiger partial charge in [0.1, 0.15) is 5.75 Å². The molecule has 0 radical (unpaired) electrons. The molecule has 0 saturated carbocycles. The number of nitrogens with one attached hydrogen (secondary N) is 1. The standard InChI is InChI=1S/C20H26ClNO3/c1-4-24-19-13-15(12-17(21)20(19)25-5-2)14-22-11-10-16-8-6-7-9-18(16)23-3/h6-9,12-13,22H,4-5,10-11,14H2,1-3H3. The Hall–Kier alpha value is -1.91. The number of hydrogen-bond acceptors (Lipinski definition) is 4. The van der Waals surface area contributed by atoms with Gasteiger partial charge in [0.05, 0.1) is 25.3 Å². The predicted molar refractivity (Wildman–Crippen MR) is 102 cm³/mol. The number of halogens is 1. The second kappa shape index (κ2) is 10.2. The van der Waals surface area contributed by atoms with Gasteiger partial charge >= 0.3 is 0 Å². The molecule has 4 nitrogen and oxygen atoms in total. The Kier molecular flexibility index (Phi) is 7.89. The van der Waals surface area contributed by atoms with Gasteiger partial charge in [0.15, 0.2) is 11.5 Å². The molecule has 2 rings (SSSR count). The van der Waals surface area contributed by atoms with E-state index in [1.807, 2.05) is 44.2 Å². The maximum Gasteiger partial charge on any atom is 0.179 e. The summed E-state index contributed by atoms with van der Waals surface area (Å²) in [4.78, 5) is 0. The van der Waals surface area contributed by atoms with Crippen molar-refractivity contribution in [2.45, 2.75) is 26.8 Å². The van der Waals surface area contributed by atoms with E-state index in [1.54, 1.807) is 7.11 Å². The van der Waals surface area contributed by atoms with Crippen LogP contribution in [0.5, 0.6) is 17.2 Å². The van der Waals surface area contributed by atoms with E-state index >= 15 is 0 Å². The second-order valence-electron chi connectivity index (χ2n) is 5.51. The van der Waals surface area contributed by atoms with Crippen molar-refractivity contribution < 1.29 is 14.2 Å². The lowest BCUT2D eigenvalue weighted by atomic mass is 10.1. The Morgan fingerprint density at radius 1 is 1.00 bits per heavy atom. The summed E-state index contributed by atoms with van der Waals surface area (Å²) in [6.45, 7) is 6.55. The fraction of sp³-hybridized carbons (Fsp3) is 0.400. The molecular formula is C20H26ClNO3. The molecule has 0 heterocycles. The molecule has 0 aliphatic rings. The van der Waals surface area contributed by atoms with Gasteiger partial charge in [-0.1, -0.05) is 29.8 Å². The van der Waals surface area contributed by atoms with Crippen LogP contribution in [0.1, 0.15) is 25.0 Å². The van der Waals surface area contributed by atoms with Gasteiger partial charge in [-0.05, 0) is 56.1 Å². The van der Waals surface area contributed by atoms with Crippen molar-refractivity contribution in [2.75, 3.05) is 26.9 Å². The molecule has 0 atom stereocenters. The Morgan fingerprint density at radius 2 is 1.76 bits per heavy atom. The Morgan fingerprint density at radius 3 is 2.48 bits per heavy atom. The van der Waals surface area contributed by atoms with Crippen LogP contribution in [-0.2, 0) is 13.0 Å². The molecule has 2 aromatic rings. The highest BCUT2D eigenvalue weighted by atomic mass is 35.5. The fourth-order valence-electron chi connectivity index (χ4n) is 2.64. The third kappa shape index (κ3) is 5.55. The van der Waals surface area contributed by atoms with E-state index in [9.17, 15) is 0 Å². The minimum absolute atomic E-state index is 0.552. The normalized spacial score (nSPS) is 10.6. The minimum atomic E-state index is 0.552. The Balaban J connectivity index is 1.96. The van der Waals surface area contributed by atoms with Gasteiger partial charge in [-0.3, -0.25) is 0 Å². The molecule has 0 fully saturated rings. The van der Waals surface area contributed by atoms with Gasteiger partial charge in [-0.2, -0.15) is 0 Å². The number of methoxy groups -OCH3 is 1. The first-order chi connectivity index (χ1) is 12.2. The van der Waals surface area contributed by atoms with Crippen LogP contribution >= 0.6 is 11.6 Å². The summed E-state index contributed by atoms with van der Waals surface area (Å²) in [6.07, 6.45) is 0.896. The maximum atomic E-state index is 6.35. The molecule has 0 saturated heterocycles. The van der Waals surface area contributed by atoms with Crippen LogP contribution in [0.3, 0.4) is 0 Å². The maximum absolute atomic E-state index is 6.35. The van der Waals surface area contributed by atoms with Crippen molar-refractivity contribution in [2.24, 2.45) is 0 Å². The summed E-state index contributed by atoms with van der Waals surface area (Å²) in [6, 6.07) is 12.0. The predicted octanol–water partition coefficient (Wildman–Crippen LogP) is 4.48. The van der Waals surface area contributed by atoms with Gasteiger partial charge in [-0.15, -0.1) is 0 Å². The van der Waals surface area contributed by atoms with E-state index in [1.165, 1.54) is 5.56 Å². The molecule has 5 heteroatoms. The second-order valence-corrected chi connectivity index (χ2v) is 5.92. The van der Waals surface area contributed by atoms with Crippen molar-refractivity contribution in [3.8, 4) is 17.2 Å². The zero-order chi connectivity index (χ0) is 18.1. The number of ether oxygens (including phenoxy) is 3. The summed E-state index contributed by atoms with van der Waals surface area (Å²) in [5, 5.41) is 4.02. The first kappa shape index (κ1) is 19.4. The summed E-state index contributed by atoms with van der Waals surface area (Å²) >= 11 is 6.35. The van der Waals surface area contributed by atoms with Gasteiger partial charge in [0.25, 0.3) is 0 Å². The van der Waals surface area contributed by atoms with E-state index < -0.39 is 0 Å². The average molecular weight is 364 g/mol. The molecule has 0 aliphatic heterocycles. The summed E-state index contributed by atoms with van der Waals surface area (Å²) in [5.74, 6) is 2.23. The molecule has 0 aliphatic carbocycles. The number of para-hydroxylation sites is 1. The molecule has 0 unspecified atom stereocenters. The summed E-state index contributed by atoms with van der Waals surface area (Å²) in [7, 11) is 1.70. The van der Waals surface area contributed by atoms with E-state index in [4.69, 9.17) is 25.8 Å². The van der Waals surface area contributed by atoms with Crippen LogP contribution in [0.25, 0.3) is 0 Å². The summed E-state index contributed by atoms with van der Waals surface area (Å²) < 4.78 is 16.6. The number of benzene rings is 2. The van der Waals surface area contributed by atoms with Crippen LogP contribution < -0.4 is 19.5 Å². The van der Waals surface area contributed by atoms with Crippen LogP contribution in [0, 0.1) is 0 Å². The fourth-order valence-corrected chi connectivity index (χ4v) is 2.92. The Labute approximate surface area is 155 Å². The Bertz CT molecular complexity index is 676.